The number of halogens is 1. The molecule has 0 saturated heterocycles. The first-order valence-electron chi connectivity index (χ1n) is 5.99. The molecule has 0 aliphatic rings. The van der Waals surface area contributed by atoms with E-state index < -0.39 is 0 Å². The zero-order chi connectivity index (χ0) is 13.0. The fourth-order valence-corrected chi connectivity index (χ4v) is 1.85. The Balaban J connectivity index is 1.97. The normalized spacial score (nSPS) is 10.3. The van der Waals surface area contributed by atoms with Gasteiger partial charge in [0.15, 0.2) is 5.78 Å². The van der Waals surface area contributed by atoms with Gasteiger partial charge in [-0.15, -0.1) is 0 Å². The van der Waals surface area contributed by atoms with Crippen LogP contribution in [-0.4, -0.2) is 5.78 Å². The molecule has 0 radical (unpaired) electrons. The SMILES string of the molecule is CC(=O)c1ccc(CCc2ccc(F)cc2)cc1. The van der Waals surface area contributed by atoms with Crippen molar-refractivity contribution in [1.82, 2.24) is 0 Å². The van der Waals surface area contributed by atoms with E-state index in [4.69, 9.17) is 0 Å². The lowest BCUT2D eigenvalue weighted by Gasteiger charge is -2.03. The second kappa shape index (κ2) is 5.58. The zero-order valence-corrected chi connectivity index (χ0v) is 10.3. The highest BCUT2D eigenvalue weighted by molar-refractivity contribution is 5.93. The van der Waals surface area contributed by atoms with E-state index in [1.54, 1.807) is 19.1 Å². The van der Waals surface area contributed by atoms with Crippen molar-refractivity contribution in [2.24, 2.45) is 0 Å². The number of Topliss-reactive ketones (excluding diaryl/α,β-unsaturated/α-hetero) is 1. The lowest BCUT2D eigenvalue weighted by Crippen LogP contribution is -1.94. The number of hydrogen-bond acceptors (Lipinski definition) is 1. The van der Waals surface area contributed by atoms with Crippen LogP contribution in [0.1, 0.15) is 28.4 Å². The highest BCUT2D eigenvalue weighted by Gasteiger charge is 2.00. The highest BCUT2D eigenvalue weighted by Crippen LogP contribution is 2.10. The first kappa shape index (κ1) is 12.5. The van der Waals surface area contributed by atoms with E-state index in [2.05, 4.69) is 0 Å². The molecule has 0 aromatic heterocycles. The minimum atomic E-state index is -0.204. The number of benzene rings is 2. The van der Waals surface area contributed by atoms with Crippen molar-refractivity contribution in [3.8, 4) is 0 Å². The number of carbonyl (C=O) groups excluding carboxylic acids is 1. The van der Waals surface area contributed by atoms with Crippen molar-refractivity contribution in [3.05, 3.63) is 71.0 Å². The molecule has 0 spiro atoms. The van der Waals surface area contributed by atoms with Crippen LogP contribution in [0.3, 0.4) is 0 Å². The second-order valence-electron chi connectivity index (χ2n) is 4.38. The van der Waals surface area contributed by atoms with E-state index >= 15 is 0 Å². The van der Waals surface area contributed by atoms with Gasteiger partial charge in [0.1, 0.15) is 5.82 Å². The van der Waals surface area contributed by atoms with Crippen LogP contribution in [0.2, 0.25) is 0 Å². The Morgan fingerprint density at radius 3 is 1.78 bits per heavy atom. The molecule has 18 heavy (non-hydrogen) atoms. The summed E-state index contributed by atoms with van der Waals surface area (Å²) in [6.07, 6.45) is 1.77. The predicted molar refractivity (Wildman–Crippen MR) is 70.3 cm³/mol. The molecule has 1 nitrogen and oxygen atoms in total. The number of rotatable bonds is 4. The van der Waals surface area contributed by atoms with Crippen LogP contribution in [0.4, 0.5) is 4.39 Å². The Labute approximate surface area is 106 Å². The first-order chi connectivity index (χ1) is 8.65. The third kappa shape index (κ3) is 3.27. The van der Waals surface area contributed by atoms with Crippen LogP contribution >= 0.6 is 0 Å². The number of ketones is 1. The molecule has 0 heterocycles. The molecule has 0 bridgehead atoms. The summed E-state index contributed by atoms with van der Waals surface area (Å²) in [4.78, 5) is 11.1. The van der Waals surface area contributed by atoms with Crippen molar-refractivity contribution >= 4 is 5.78 Å². The third-order valence-electron chi connectivity index (χ3n) is 2.98. The number of aryl methyl sites for hydroxylation is 2. The summed E-state index contributed by atoms with van der Waals surface area (Å²) in [5.74, 6) is -0.121. The maximum Gasteiger partial charge on any atom is 0.159 e. The molecule has 2 heteroatoms. The van der Waals surface area contributed by atoms with Crippen LogP contribution in [-0.2, 0) is 12.8 Å². The topological polar surface area (TPSA) is 17.1 Å². The van der Waals surface area contributed by atoms with Crippen LogP contribution in [0.5, 0.6) is 0 Å². The summed E-state index contributed by atoms with van der Waals surface area (Å²) in [5.41, 5.74) is 3.04. The highest BCUT2D eigenvalue weighted by atomic mass is 19.1. The van der Waals surface area contributed by atoms with Gasteiger partial charge in [0.2, 0.25) is 0 Å². The number of hydrogen-bond donors (Lipinski definition) is 0. The maximum absolute atomic E-state index is 12.7. The quantitative estimate of drug-likeness (QED) is 0.745. The van der Waals surface area contributed by atoms with Gasteiger partial charge in [0.25, 0.3) is 0 Å². The molecule has 0 amide bonds. The summed E-state index contributed by atoms with van der Waals surface area (Å²) >= 11 is 0. The fraction of sp³-hybridized carbons (Fsp3) is 0.188. The smallest absolute Gasteiger partial charge is 0.159 e. The van der Waals surface area contributed by atoms with Gasteiger partial charge in [-0.1, -0.05) is 36.4 Å². The Hall–Kier alpha value is -1.96. The van der Waals surface area contributed by atoms with Crippen LogP contribution < -0.4 is 0 Å². The average molecular weight is 242 g/mol. The Bertz CT molecular complexity index is 526. The molecule has 0 fully saturated rings. The van der Waals surface area contributed by atoms with Crippen molar-refractivity contribution in [1.29, 1.82) is 0 Å². The Morgan fingerprint density at radius 1 is 0.889 bits per heavy atom. The van der Waals surface area contributed by atoms with Crippen molar-refractivity contribution < 1.29 is 9.18 Å². The first-order valence-corrected chi connectivity index (χ1v) is 5.99. The van der Waals surface area contributed by atoms with Crippen LogP contribution in [0, 0.1) is 5.82 Å². The van der Waals surface area contributed by atoms with E-state index in [0.717, 1.165) is 24.0 Å². The molecular weight excluding hydrogens is 227 g/mol. The molecular formula is C16H15FO. The van der Waals surface area contributed by atoms with E-state index in [9.17, 15) is 9.18 Å². The molecule has 2 rings (SSSR count). The summed E-state index contributed by atoms with van der Waals surface area (Å²) in [5, 5.41) is 0. The van der Waals surface area contributed by atoms with Gasteiger partial charge in [0.05, 0.1) is 0 Å². The maximum atomic E-state index is 12.7. The molecule has 0 saturated carbocycles. The standard InChI is InChI=1S/C16H15FO/c1-12(18)15-8-4-13(5-9-15)2-3-14-6-10-16(17)11-7-14/h4-11H,2-3H2,1H3. The van der Waals surface area contributed by atoms with Gasteiger partial charge in [-0.25, -0.2) is 4.39 Å². The molecule has 0 N–H and O–H groups in total. The third-order valence-corrected chi connectivity index (χ3v) is 2.98. The monoisotopic (exact) mass is 242 g/mol. The molecule has 0 unspecified atom stereocenters. The Kier molecular flexibility index (Phi) is 3.88. The molecule has 0 atom stereocenters. The zero-order valence-electron chi connectivity index (χ0n) is 10.3. The van der Waals surface area contributed by atoms with Gasteiger partial charge in [0, 0.05) is 5.56 Å². The van der Waals surface area contributed by atoms with E-state index in [1.165, 1.54) is 17.7 Å². The lowest BCUT2D eigenvalue weighted by atomic mass is 10.0. The fourth-order valence-electron chi connectivity index (χ4n) is 1.85. The van der Waals surface area contributed by atoms with Gasteiger partial charge >= 0.3 is 0 Å². The molecule has 2 aromatic carbocycles. The summed E-state index contributed by atoms with van der Waals surface area (Å²) in [6, 6.07) is 14.2. The molecule has 0 aliphatic heterocycles. The van der Waals surface area contributed by atoms with Gasteiger partial charge in [-0.2, -0.15) is 0 Å². The van der Waals surface area contributed by atoms with Crippen LogP contribution in [0.25, 0.3) is 0 Å². The minimum Gasteiger partial charge on any atom is -0.295 e. The van der Waals surface area contributed by atoms with E-state index in [-0.39, 0.29) is 11.6 Å². The van der Waals surface area contributed by atoms with Gasteiger partial charge in [-0.05, 0) is 43.0 Å². The molecule has 0 aliphatic carbocycles. The van der Waals surface area contributed by atoms with Crippen LogP contribution in [0.15, 0.2) is 48.5 Å². The summed E-state index contributed by atoms with van der Waals surface area (Å²) < 4.78 is 12.7. The van der Waals surface area contributed by atoms with Crippen molar-refractivity contribution in [2.45, 2.75) is 19.8 Å². The van der Waals surface area contributed by atoms with Crippen molar-refractivity contribution in [3.63, 3.8) is 0 Å². The Morgan fingerprint density at radius 2 is 1.33 bits per heavy atom. The number of carbonyl (C=O) groups is 1. The molecule has 2 aromatic rings. The summed E-state index contributed by atoms with van der Waals surface area (Å²) in [7, 11) is 0. The van der Waals surface area contributed by atoms with E-state index in [1.807, 2.05) is 24.3 Å². The largest absolute Gasteiger partial charge is 0.295 e. The average Bonchev–Trinajstić information content (AvgIpc) is 2.38. The molecule has 92 valence electrons. The van der Waals surface area contributed by atoms with Crippen molar-refractivity contribution in [2.75, 3.05) is 0 Å². The van der Waals surface area contributed by atoms with Gasteiger partial charge in [-0.3, -0.25) is 4.79 Å². The van der Waals surface area contributed by atoms with E-state index in [0.29, 0.717) is 0 Å². The lowest BCUT2D eigenvalue weighted by molar-refractivity contribution is 0.101. The predicted octanol–water partition coefficient (Wildman–Crippen LogP) is 3.81. The van der Waals surface area contributed by atoms with Gasteiger partial charge < -0.3 is 0 Å². The summed E-state index contributed by atoms with van der Waals surface area (Å²) in [6.45, 7) is 1.56. The second-order valence-corrected chi connectivity index (χ2v) is 4.38. The minimum absolute atomic E-state index is 0.0834.